The van der Waals surface area contributed by atoms with E-state index < -0.39 is 0 Å². The second-order valence-electron chi connectivity index (χ2n) is 7.07. The molecule has 0 saturated heterocycles. The predicted octanol–water partition coefficient (Wildman–Crippen LogP) is 7.62. The van der Waals surface area contributed by atoms with E-state index in [1.165, 1.54) is 0 Å². The Kier molecular flexibility index (Phi) is 5.79. The van der Waals surface area contributed by atoms with Crippen molar-refractivity contribution in [2.75, 3.05) is 0 Å². The molecule has 3 nitrogen and oxygen atoms in total. The fourth-order valence-corrected chi connectivity index (χ4v) is 3.59. The van der Waals surface area contributed by atoms with Crippen LogP contribution < -0.4 is 10.2 Å². The lowest BCUT2D eigenvalue weighted by molar-refractivity contribution is 0.298. The molecule has 0 N–H and O–H groups in total. The zero-order chi connectivity index (χ0) is 21.4. The molecule has 0 spiro atoms. The van der Waals surface area contributed by atoms with Crippen molar-refractivity contribution in [3.05, 3.63) is 96.6 Å². The lowest BCUT2D eigenvalue weighted by Crippen LogP contribution is -2.10. The number of hydrogen-bond acceptors (Lipinski definition) is 3. The Hall–Kier alpha value is -2.46. The van der Waals surface area contributed by atoms with E-state index in [0.29, 0.717) is 37.4 Å². The van der Waals surface area contributed by atoms with Gasteiger partial charge in [-0.05, 0) is 79.1 Å². The van der Waals surface area contributed by atoms with Crippen LogP contribution in [0.3, 0.4) is 0 Å². The highest BCUT2D eigenvalue weighted by Crippen LogP contribution is 2.33. The van der Waals surface area contributed by atoms with Gasteiger partial charge < -0.3 is 9.15 Å². The summed E-state index contributed by atoms with van der Waals surface area (Å²) in [7, 11) is 0. The summed E-state index contributed by atoms with van der Waals surface area (Å²) in [6.07, 6.45) is 0. The first-order valence-electron chi connectivity index (χ1n) is 9.24. The molecule has 4 aromatic rings. The van der Waals surface area contributed by atoms with Gasteiger partial charge >= 0.3 is 0 Å². The van der Waals surface area contributed by atoms with Crippen LogP contribution in [0.25, 0.3) is 22.3 Å². The smallest absolute Gasteiger partial charge is 0.235 e. The number of halogens is 3. The number of aryl methyl sites for hydroxylation is 2. The minimum absolute atomic E-state index is 0.137. The molecule has 1 aromatic heterocycles. The van der Waals surface area contributed by atoms with Crippen LogP contribution in [-0.2, 0) is 6.61 Å². The van der Waals surface area contributed by atoms with E-state index in [1.807, 2.05) is 26.0 Å². The maximum Gasteiger partial charge on any atom is 0.235 e. The zero-order valence-corrected chi connectivity index (χ0v) is 18.5. The Bertz CT molecular complexity index is 1310. The van der Waals surface area contributed by atoms with Crippen LogP contribution in [0.2, 0.25) is 15.1 Å². The van der Waals surface area contributed by atoms with Gasteiger partial charge in [0, 0.05) is 10.6 Å². The minimum atomic E-state index is -0.232. The van der Waals surface area contributed by atoms with Gasteiger partial charge in [-0.15, -0.1) is 0 Å². The normalized spacial score (nSPS) is 11.1. The highest BCUT2D eigenvalue weighted by molar-refractivity contribution is 6.42. The van der Waals surface area contributed by atoms with Crippen LogP contribution in [0.1, 0.15) is 16.7 Å². The third-order valence-corrected chi connectivity index (χ3v) is 5.93. The van der Waals surface area contributed by atoms with Crippen molar-refractivity contribution < 1.29 is 9.15 Å². The lowest BCUT2D eigenvalue weighted by Gasteiger charge is -2.13. The van der Waals surface area contributed by atoms with Gasteiger partial charge in [0.15, 0.2) is 5.76 Å². The average molecular weight is 460 g/mol. The minimum Gasteiger partial charge on any atom is -0.481 e. The van der Waals surface area contributed by atoms with Gasteiger partial charge in [0.2, 0.25) is 11.2 Å². The molecule has 3 aromatic carbocycles. The Morgan fingerprint density at radius 1 is 0.867 bits per heavy atom. The zero-order valence-electron chi connectivity index (χ0n) is 16.3. The maximum absolute atomic E-state index is 13.3. The molecule has 0 bridgehead atoms. The molecular formula is C24H17Cl3O3. The van der Waals surface area contributed by atoms with E-state index in [-0.39, 0.29) is 17.8 Å². The average Bonchev–Trinajstić information content (AvgIpc) is 2.72. The van der Waals surface area contributed by atoms with Crippen molar-refractivity contribution in [3.63, 3.8) is 0 Å². The van der Waals surface area contributed by atoms with Gasteiger partial charge in [0.25, 0.3) is 0 Å². The SMILES string of the molecule is Cc1cc2oc(-c3ccc(Cl)cc3)c(OCc3ccc(Cl)c(Cl)c3)c(=O)c2cc1C. The number of benzene rings is 3. The van der Waals surface area contributed by atoms with Crippen LogP contribution in [0.5, 0.6) is 5.75 Å². The van der Waals surface area contributed by atoms with Crippen LogP contribution in [-0.4, -0.2) is 0 Å². The van der Waals surface area contributed by atoms with Gasteiger partial charge in [-0.3, -0.25) is 4.79 Å². The van der Waals surface area contributed by atoms with Crippen molar-refractivity contribution in [1.82, 2.24) is 0 Å². The number of fused-ring (bicyclic) bond motifs is 1. The number of ether oxygens (including phenoxy) is 1. The summed E-state index contributed by atoms with van der Waals surface area (Å²) in [6, 6.07) is 16.0. The topological polar surface area (TPSA) is 39.4 Å². The van der Waals surface area contributed by atoms with Gasteiger partial charge in [0.05, 0.1) is 15.4 Å². The van der Waals surface area contributed by atoms with Crippen LogP contribution in [0.15, 0.2) is 63.8 Å². The molecule has 0 unspecified atom stereocenters. The van der Waals surface area contributed by atoms with Gasteiger partial charge in [-0.1, -0.05) is 40.9 Å². The highest BCUT2D eigenvalue weighted by Gasteiger charge is 2.19. The third-order valence-electron chi connectivity index (χ3n) is 4.94. The molecule has 0 amide bonds. The largest absolute Gasteiger partial charge is 0.481 e. The third kappa shape index (κ3) is 4.06. The molecule has 152 valence electrons. The Labute approximate surface area is 188 Å². The summed E-state index contributed by atoms with van der Waals surface area (Å²) in [4.78, 5) is 13.3. The molecule has 1 heterocycles. The molecule has 0 atom stereocenters. The molecule has 0 fully saturated rings. The van der Waals surface area contributed by atoms with E-state index in [4.69, 9.17) is 44.0 Å². The van der Waals surface area contributed by atoms with Crippen molar-refractivity contribution >= 4 is 45.8 Å². The molecule has 0 radical (unpaired) electrons. The van der Waals surface area contributed by atoms with Gasteiger partial charge in [-0.25, -0.2) is 0 Å². The first kappa shape index (κ1) is 20.8. The standard InChI is InChI=1S/C24H17Cl3O3/c1-13-9-18-21(10-14(13)2)30-23(16-4-6-17(25)7-5-16)24(22(18)28)29-12-15-3-8-19(26)20(27)11-15/h3-11H,12H2,1-2H3. The van der Waals surface area contributed by atoms with E-state index in [9.17, 15) is 4.79 Å². The van der Waals surface area contributed by atoms with E-state index in [2.05, 4.69) is 0 Å². The second kappa shape index (κ2) is 8.35. The molecule has 0 saturated carbocycles. The summed E-state index contributed by atoms with van der Waals surface area (Å²) >= 11 is 18.1. The molecule has 0 aliphatic carbocycles. The quantitative estimate of drug-likeness (QED) is 0.315. The fourth-order valence-electron chi connectivity index (χ4n) is 3.14. The molecule has 4 rings (SSSR count). The summed E-state index contributed by atoms with van der Waals surface area (Å²) in [6.45, 7) is 4.07. The van der Waals surface area contributed by atoms with Crippen molar-refractivity contribution in [2.24, 2.45) is 0 Å². The van der Waals surface area contributed by atoms with Crippen molar-refractivity contribution in [3.8, 4) is 17.1 Å². The highest BCUT2D eigenvalue weighted by atomic mass is 35.5. The first-order valence-corrected chi connectivity index (χ1v) is 10.4. The Balaban J connectivity index is 1.86. The van der Waals surface area contributed by atoms with Crippen LogP contribution in [0.4, 0.5) is 0 Å². The fraction of sp³-hybridized carbons (Fsp3) is 0.125. The molecular weight excluding hydrogens is 443 g/mol. The first-order chi connectivity index (χ1) is 14.3. The van der Waals surface area contributed by atoms with E-state index in [0.717, 1.165) is 16.7 Å². The van der Waals surface area contributed by atoms with Crippen LogP contribution in [0, 0.1) is 13.8 Å². The number of rotatable bonds is 4. The summed E-state index contributed by atoms with van der Waals surface area (Å²) < 4.78 is 12.1. The maximum atomic E-state index is 13.3. The summed E-state index contributed by atoms with van der Waals surface area (Å²) in [5.41, 5.74) is 3.80. The number of hydrogen-bond donors (Lipinski definition) is 0. The van der Waals surface area contributed by atoms with Crippen molar-refractivity contribution in [2.45, 2.75) is 20.5 Å². The lowest BCUT2D eigenvalue weighted by atomic mass is 10.0. The molecule has 0 aliphatic heterocycles. The predicted molar refractivity (Wildman–Crippen MR) is 123 cm³/mol. The van der Waals surface area contributed by atoms with Gasteiger partial charge in [-0.2, -0.15) is 0 Å². The van der Waals surface area contributed by atoms with E-state index in [1.54, 1.807) is 42.5 Å². The molecule has 30 heavy (non-hydrogen) atoms. The Morgan fingerprint density at radius 2 is 1.57 bits per heavy atom. The molecule has 6 heteroatoms. The summed E-state index contributed by atoms with van der Waals surface area (Å²) in [5.74, 6) is 0.492. The van der Waals surface area contributed by atoms with Crippen molar-refractivity contribution in [1.29, 1.82) is 0 Å². The van der Waals surface area contributed by atoms with Crippen LogP contribution >= 0.6 is 34.8 Å². The van der Waals surface area contributed by atoms with Gasteiger partial charge in [0.1, 0.15) is 12.2 Å². The monoisotopic (exact) mass is 458 g/mol. The summed E-state index contributed by atoms with van der Waals surface area (Å²) in [5, 5.41) is 1.94. The Morgan fingerprint density at radius 3 is 2.27 bits per heavy atom. The molecule has 0 aliphatic rings. The van der Waals surface area contributed by atoms with E-state index >= 15 is 0 Å². The second-order valence-corrected chi connectivity index (χ2v) is 8.32.